The number of amides is 1. The zero-order valence-electron chi connectivity index (χ0n) is 14.1. The number of rotatable bonds is 6. The molecule has 0 fully saturated rings. The number of nitrogens with one attached hydrogen (secondary N) is 1. The summed E-state index contributed by atoms with van der Waals surface area (Å²) >= 11 is 7.44. The minimum Gasteiger partial charge on any atom is -0.322 e. The van der Waals surface area contributed by atoms with Gasteiger partial charge in [-0.1, -0.05) is 65.8 Å². The Labute approximate surface area is 160 Å². The molecule has 3 rings (SSSR count). The van der Waals surface area contributed by atoms with Crippen molar-refractivity contribution in [2.45, 2.75) is 5.16 Å². The number of carbonyl (C=O) groups is 1. The first-order valence-corrected chi connectivity index (χ1v) is 9.28. The largest absolute Gasteiger partial charge is 0.322 e. The van der Waals surface area contributed by atoms with Crippen molar-refractivity contribution < 1.29 is 4.79 Å². The Balaban J connectivity index is 1.52. The molecule has 0 radical (unpaired) electrons. The lowest BCUT2D eigenvalue weighted by Gasteiger charge is -2.01. The van der Waals surface area contributed by atoms with E-state index < -0.39 is 0 Å². The fraction of sp³-hybridized carbons (Fsp3) is 0.105. The molecule has 0 aliphatic heterocycles. The Morgan fingerprint density at radius 3 is 2.73 bits per heavy atom. The summed E-state index contributed by atoms with van der Waals surface area (Å²) in [6.07, 6.45) is 3.18. The van der Waals surface area contributed by atoms with Gasteiger partial charge in [0.05, 0.1) is 28.0 Å². The van der Waals surface area contributed by atoms with E-state index in [1.165, 1.54) is 18.0 Å². The molecule has 0 spiro atoms. The van der Waals surface area contributed by atoms with Crippen LogP contribution in [0.15, 0.2) is 69.9 Å². The van der Waals surface area contributed by atoms with Crippen LogP contribution in [0, 0.1) is 0 Å². The molecule has 5 nitrogen and oxygen atoms in total. The smallest absolute Gasteiger partial charge is 0.250 e. The predicted molar refractivity (Wildman–Crippen MR) is 108 cm³/mol. The summed E-state index contributed by atoms with van der Waals surface area (Å²) in [6.45, 7) is 0. The van der Waals surface area contributed by atoms with Crippen molar-refractivity contribution in [3.63, 3.8) is 0 Å². The van der Waals surface area contributed by atoms with E-state index in [2.05, 4.69) is 15.5 Å². The van der Waals surface area contributed by atoms with Crippen molar-refractivity contribution in [3.8, 4) is 0 Å². The van der Waals surface area contributed by atoms with Crippen LogP contribution in [-0.2, 0) is 11.8 Å². The fourth-order valence-corrected chi connectivity index (χ4v) is 3.28. The summed E-state index contributed by atoms with van der Waals surface area (Å²) in [7, 11) is 1.93. The van der Waals surface area contributed by atoms with Crippen molar-refractivity contribution in [1.29, 1.82) is 0 Å². The van der Waals surface area contributed by atoms with E-state index >= 15 is 0 Å². The molecule has 132 valence electrons. The monoisotopic (exact) mass is 384 g/mol. The number of allylic oxidation sites excluding steroid dienone is 1. The van der Waals surface area contributed by atoms with E-state index in [4.69, 9.17) is 11.6 Å². The maximum atomic E-state index is 11.9. The average Bonchev–Trinajstić information content (AvgIpc) is 2.97. The molecule has 0 bridgehead atoms. The standard InChI is InChI=1S/C19H17ClN4OS/c1-24-17-10-6-5-9-16(17)22-19(24)26-13-18(25)23-21-12-15(20)11-14-7-3-2-4-8-14/h2-12H,13H2,1H3,(H,23,25)/b15-11+,21-12+. The highest BCUT2D eigenvalue weighted by atomic mass is 35.5. The maximum Gasteiger partial charge on any atom is 0.250 e. The number of hydrogen-bond donors (Lipinski definition) is 1. The maximum absolute atomic E-state index is 11.9. The Morgan fingerprint density at radius 2 is 1.96 bits per heavy atom. The van der Waals surface area contributed by atoms with Gasteiger partial charge in [0.2, 0.25) is 0 Å². The van der Waals surface area contributed by atoms with Gasteiger partial charge >= 0.3 is 0 Å². The molecule has 1 amide bonds. The van der Waals surface area contributed by atoms with E-state index in [-0.39, 0.29) is 11.7 Å². The predicted octanol–water partition coefficient (Wildman–Crippen LogP) is 4.05. The van der Waals surface area contributed by atoms with E-state index in [1.807, 2.05) is 66.2 Å². The number of hydrogen-bond acceptors (Lipinski definition) is 4. The number of fused-ring (bicyclic) bond motifs is 1. The minimum absolute atomic E-state index is 0.217. The van der Waals surface area contributed by atoms with Crippen molar-refractivity contribution in [3.05, 3.63) is 65.2 Å². The Bertz CT molecular complexity index is 966. The highest BCUT2D eigenvalue weighted by Crippen LogP contribution is 2.22. The molecule has 1 N–H and O–H groups in total. The fourth-order valence-electron chi connectivity index (χ4n) is 2.33. The summed E-state index contributed by atoms with van der Waals surface area (Å²) < 4.78 is 1.97. The van der Waals surface area contributed by atoms with Gasteiger partial charge in [-0.05, 0) is 23.8 Å². The second-order valence-corrected chi connectivity index (χ2v) is 6.84. The zero-order valence-corrected chi connectivity index (χ0v) is 15.7. The van der Waals surface area contributed by atoms with Crippen LogP contribution in [0.3, 0.4) is 0 Å². The third-order valence-electron chi connectivity index (χ3n) is 3.56. The third kappa shape index (κ3) is 4.74. The number of imidazole rings is 1. The molecule has 0 atom stereocenters. The molecule has 26 heavy (non-hydrogen) atoms. The molecule has 2 aromatic carbocycles. The Morgan fingerprint density at radius 1 is 1.23 bits per heavy atom. The lowest BCUT2D eigenvalue weighted by molar-refractivity contribution is -0.118. The Kier molecular flexibility index (Phi) is 6.09. The van der Waals surface area contributed by atoms with Crippen LogP contribution in [0.1, 0.15) is 5.56 Å². The SMILES string of the molecule is Cn1c(SCC(=O)N/N=C/C(Cl)=C\c2ccccc2)nc2ccccc21. The van der Waals surface area contributed by atoms with Gasteiger partial charge in [-0.25, -0.2) is 10.4 Å². The summed E-state index contributed by atoms with van der Waals surface area (Å²) in [4.78, 5) is 16.5. The number of halogens is 1. The highest BCUT2D eigenvalue weighted by molar-refractivity contribution is 7.99. The summed E-state index contributed by atoms with van der Waals surface area (Å²) in [5, 5.41) is 5.09. The van der Waals surface area contributed by atoms with Crippen LogP contribution in [0.2, 0.25) is 0 Å². The first-order valence-electron chi connectivity index (χ1n) is 7.92. The molecular formula is C19H17ClN4OS. The average molecular weight is 385 g/mol. The van der Waals surface area contributed by atoms with Crippen LogP contribution in [0.5, 0.6) is 0 Å². The normalized spacial score (nSPS) is 12.0. The van der Waals surface area contributed by atoms with Gasteiger partial charge in [0.25, 0.3) is 5.91 Å². The summed E-state index contributed by atoms with van der Waals surface area (Å²) in [5.74, 6) is -0.00314. The minimum atomic E-state index is -0.220. The number of nitrogens with zero attached hydrogens (tertiary/aromatic N) is 3. The molecule has 0 saturated carbocycles. The quantitative estimate of drug-likeness (QED) is 0.396. The third-order valence-corrected chi connectivity index (χ3v) is 4.80. The van der Waals surface area contributed by atoms with Crippen molar-refractivity contribution >= 4 is 52.6 Å². The van der Waals surface area contributed by atoms with Gasteiger partial charge in [-0.3, -0.25) is 4.79 Å². The number of para-hydroxylation sites is 2. The lowest BCUT2D eigenvalue weighted by Crippen LogP contribution is -2.19. The van der Waals surface area contributed by atoms with Gasteiger partial charge in [0.15, 0.2) is 5.16 Å². The van der Waals surface area contributed by atoms with Gasteiger partial charge in [-0.2, -0.15) is 5.10 Å². The summed E-state index contributed by atoms with van der Waals surface area (Å²) in [5.41, 5.74) is 5.38. The van der Waals surface area contributed by atoms with Crippen LogP contribution in [0.4, 0.5) is 0 Å². The van der Waals surface area contributed by atoms with Crippen molar-refractivity contribution in [2.75, 3.05) is 5.75 Å². The first-order chi connectivity index (χ1) is 12.6. The van der Waals surface area contributed by atoms with E-state index in [9.17, 15) is 4.79 Å². The molecule has 7 heteroatoms. The lowest BCUT2D eigenvalue weighted by atomic mass is 10.2. The molecule has 0 aliphatic rings. The molecule has 1 heterocycles. The number of carbonyl (C=O) groups excluding carboxylic acids is 1. The van der Waals surface area contributed by atoms with E-state index in [0.717, 1.165) is 21.8 Å². The van der Waals surface area contributed by atoms with E-state index in [1.54, 1.807) is 6.08 Å². The molecule has 0 unspecified atom stereocenters. The number of benzene rings is 2. The van der Waals surface area contributed by atoms with Crippen LogP contribution < -0.4 is 5.43 Å². The van der Waals surface area contributed by atoms with Crippen LogP contribution >= 0.6 is 23.4 Å². The van der Waals surface area contributed by atoms with Gasteiger partial charge in [0, 0.05) is 7.05 Å². The van der Waals surface area contributed by atoms with Crippen molar-refractivity contribution in [2.24, 2.45) is 12.1 Å². The summed E-state index contributed by atoms with van der Waals surface area (Å²) in [6, 6.07) is 17.5. The van der Waals surface area contributed by atoms with Crippen molar-refractivity contribution in [1.82, 2.24) is 15.0 Å². The number of aromatic nitrogens is 2. The first kappa shape index (κ1) is 18.2. The number of thioether (sulfide) groups is 1. The molecular weight excluding hydrogens is 368 g/mol. The van der Waals surface area contributed by atoms with Crippen LogP contribution in [0.25, 0.3) is 17.1 Å². The van der Waals surface area contributed by atoms with E-state index in [0.29, 0.717) is 5.03 Å². The molecule has 3 aromatic rings. The molecule has 0 saturated heterocycles. The van der Waals surface area contributed by atoms with Gasteiger partial charge in [-0.15, -0.1) is 0 Å². The second kappa shape index (κ2) is 8.69. The number of aryl methyl sites for hydroxylation is 1. The second-order valence-electron chi connectivity index (χ2n) is 5.46. The molecule has 0 aliphatic carbocycles. The van der Waals surface area contributed by atoms with Gasteiger partial charge in [0.1, 0.15) is 0 Å². The number of hydrazone groups is 1. The zero-order chi connectivity index (χ0) is 18.4. The molecule has 1 aromatic heterocycles. The Hall–Kier alpha value is -2.57. The highest BCUT2D eigenvalue weighted by Gasteiger charge is 2.09. The van der Waals surface area contributed by atoms with Crippen LogP contribution in [-0.4, -0.2) is 27.4 Å². The topological polar surface area (TPSA) is 59.3 Å². The van der Waals surface area contributed by atoms with Gasteiger partial charge < -0.3 is 4.57 Å².